The van der Waals surface area contributed by atoms with E-state index < -0.39 is 0 Å². The van der Waals surface area contributed by atoms with Crippen LogP contribution in [0.3, 0.4) is 0 Å². The van der Waals surface area contributed by atoms with Crippen LogP contribution in [0.4, 0.5) is 0 Å². The number of benzene rings is 1. The number of hydrogen-bond donors (Lipinski definition) is 1. The van der Waals surface area contributed by atoms with Gasteiger partial charge in [0.1, 0.15) is 5.75 Å². The molecule has 21 heavy (non-hydrogen) atoms. The summed E-state index contributed by atoms with van der Waals surface area (Å²) in [7, 11) is 2.17. The van der Waals surface area contributed by atoms with Crippen LogP contribution < -0.4 is 10.5 Å². The van der Waals surface area contributed by atoms with E-state index in [0.717, 1.165) is 31.8 Å². The monoisotopic (exact) mass is 292 g/mol. The zero-order chi connectivity index (χ0) is 15.2. The quantitative estimate of drug-likeness (QED) is 0.875. The molecule has 2 N–H and O–H groups in total. The van der Waals surface area contributed by atoms with Crippen LogP contribution in [0, 0.1) is 0 Å². The molecule has 1 atom stereocenters. The predicted molar refractivity (Wildman–Crippen MR) is 85.6 cm³/mol. The number of likely N-dealkylation sites (N-methyl/N-ethyl adjacent to an activating group) is 1. The molecule has 118 valence electrons. The van der Waals surface area contributed by atoms with Crippen LogP contribution in [-0.2, 0) is 4.74 Å². The lowest BCUT2D eigenvalue weighted by atomic mass is 10.0. The maximum absolute atomic E-state index is 6.03. The molecular weight excluding hydrogens is 264 g/mol. The summed E-state index contributed by atoms with van der Waals surface area (Å²) in [6, 6.07) is 9.14. The van der Waals surface area contributed by atoms with Gasteiger partial charge >= 0.3 is 0 Å². The molecule has 0 aromatic heterocycles. The molecule has 0 radical (unpaired) electrons. The Kier molecular flexibility index (Phi) is 6.03. The van der Waals surface area contributed by atoms with E-state index in [1.165, 1.54) is 5.56 Å². The molecule has 0 amide bonds. The van der Waals surface area contributed by atoms with E-state index in [1.807, 2.05) is 26.0 Å². The lowest BCUT2D eigenvalue weighted by Gasteiger charge is -2.37. The van der Waals surface area contributed by atoms with Crippen molar-refractivity contribution >= 4 is 0 Å². The molecule has 1 aromatic carbocycles. The van der Waals surface area contributed by atoms with Crippen molar-refractivity contribution in [1.29, 1.82) is 0 Å². The van der Waals surface area contributed by atoms with Crippen LogP contribution in [0.25, 0.3) is 0 Å². The summed E-state index contributed by atoms with van der Waals surface area (Å²) in [6.07, 6.45) is 2.37. The van der Waals surface area contributed by atoms with Crippen LogP contribution in [-0.4, -0.2) is 43.9 Å². The summed E-state index contributed by atoms with van der Waals surface area (Å²) in [6.45, 7) is 6.41. The van der Waals surface area contributed by atoms with Crippen molar-refractivity contribution in [3.05, 3.63) is 29.8 Å². The summed E-state index contributed by atoms with van der Waals surface area (Å²) in [5.74, 6) is 0.915. The van der Waals surface area contributed by atoms with Gasteiger partial charge in [-0.25, -0.2) is 0 Å². The van der Waals surface area contributed by atoms with Crippen molar-refractivity contribution in [2.75, 3.05) is 26.8 Å². The third-order valence-electron chi connectivity index (χ3n) is 4.12. The number of ether oxygens (including phenoxy) is 2. The molecular formula is C17H28N2O2. The second-order valence-electron chi connectivity index (χ2n) is 6.00. The lowest BCUT2D eigenvalue weighted by molar-refractivity contribution is 0.0294. The fourth-order valence-corrected chi connectivity index (χ4v) is 2.93. The molecule has 1 aliphatic rings. The highest BCUT2D eigenvalue weighted by molar-refractivity contribution is 5.29. The highest BCUT2D eigenvalue weighted by atomic mass is 16.5. The smallest absolute Gasteiger partial charge is 0.119 e. The molecule has 2 rings (SSSR count). The van der Waals surface area contributed by atoms with E-state index >= 15 is 0 Å². The van der Waals surface area contributed by atoms with Gasteiger partial charge in [-0.05, 0) is 51.4 Å². The Morgan fingerprint density at radius 3 is 2.38 bits per heavy atom. The second kappa shape index (κ2) is 7.78. The van der Waals surface area contributed by atoms with Gasteiger partial charge in [-0.15, -0.1) is 0 Å². The van der Waals surface area contributed by atoms with Gasteiger partial charge in [-0.2, -0.15) is 0 Å². The van der Waals surface area contributed by atoms with Gasteiger partial charge in [-0.1, -0.05) is 12.1 Å². The van der Waals surface area contributed by atoms with E-state index in [4.69, 9.17) is 15.2 Å². The minimum atomic E-state index is 0.200. The van der Waals surface area contributed by atoms with Crippen molar-refractivity contribution in [2.24, 2.45) is 5.73 Å². The Balaban J connectivity index is 2.05. The average molecular weight is 292 g/mol. The van der Waals surface area contributed by atoms with Crippen molar-refractivity contribution < 1.29 is 9.47 Å². The van der Waals surface area contributed by atoms with Crippen LogP contribution in [0.2, 0.25) is 0 Å². The normalized spacial score (nSPS) is 18.2. The second-order valence-corrected chi connectivity index (χ2v) is 6.00. The molecule has 4 nitrogen and oxygen atoms in total. The molecule has 0 aliphatic carbocycles. The number of nitrogens with zero attached hydrogens (tertiary/aromatic N) is 1. The van der Waals surface area contributed by atoms with E-state index in [0.29, 0.717) is 12.6 Å². The largest absolute Gasteiger partial charge is 0.491 e. The van der Waals surface area contributed by atoms with E-state index in [1.54, 1.807) is 0 Å². The van der Waals surface area contributed by atoms with Gasteiger partial charge in [0.05, 0.1) is 6.10 Å². The van der Waals surface area contributed by atoms with Crippen LogP contribution >= 0.6 is 0 Å². The number of hydrogen-bond acceptors (Lipinski definition) is 4. The first-order valence-electron chi connectivity index (χ1n) is 7.88. The summed E-state index contributed by atoms with van der Waals surface area (Å²) in [5.41, 5.74) is 7.28. The first kappa shape index (κ1) is 16.3. The third-order valence-corrected chi connectivity index (χ3v) is 4.12. The predicted octanol–water partition coefficient (Wildman–Crippen LogP) is 2.58. The van der Waals surface area contributed by atoms with Crippen molar-refractivity contribution in [3.8, 4) is 5.75 Å². The highest BCUT2D eigenvalue weighted by Gasteiger charge is 2.25. The van der Waals surface area contributed by atoms with Gasteiger partial charge in [0, 0.05) is 31.8 Å². The molecule has 1 saturated heterocycles. The summed E-state index contributed by atoms with van der Waals surface area (Å²) in [5, 5.41) is 0. The molecule has 1 unspecified atom stereocenters. The Labute approximate surface area is 128 Å². The average Bonchev–Trinajstić information content (AvgIpc) is 2.50. The van der Waals surface area contributed by atoms with E-state index in [-0.39, 0.29) is 12.1 Å². The summed E-state index contributed by atoms with van der Waals surface area (Å²) in [4.78, 5) is 2.40. The number of rotatable bonds is 6. The molecule has 4 heteroatoms. The third kappa shape index (κ3) is 4.43. The Hall–Kier alpha value is -1.10. The fourth-order valence-electron chi connectivity index (χ4n) is 2.93. The SMILES string of the molecule is CC(C)Oc1ccc(C(CN)N(C)C2CCOCC2)cc1. The van der Waals surface area contributed by atoms with Crippen molar-refractivity contribution in [3.63, 3.8) is 0 Å². The standard InChI is InChI=1S/C17H28N2O2/c1-13(2)21-16-6-4-14(5-7-16)17(12-18)19(3)15-8-10-20-11-9-15/h4-7,13,15,17H,8-12,18H2,1-3H3. The van der Waals surface area contributed by atoms with Crippen molar-refractivity contribution in [1.82, 2.24) is 4.90 Å². The molecule has 1 heterocycles. The van der Waals surface area contributed by atoms with Crippen LogP contribution in [0.1, 0.15) is 38.3 Å². The molecule has 1 fully saturated rings. The maximum atomic E-state index is 6.03. The molecule has 1 aromatic rings. The minimum Gasteiger partial charge on any atom is -0.491 e. The fraction of sp³-hybridized carbons (Fsp3) is 0.647. The minimum absolute atomic E-state index is 0.200. The Bertz CT molecular complexity index is 413. The van der Waals surface area contributed by atoms with Gasteiger partial charge in [0.25, 0.3) is 0 Å². The molecule has 0 bridgehead atoms. The lowest BCUT2D eigenvalue weighted by Crippen LogP contribution is -2.41. The first-order valence-corrected chi connectivity index (χ1v) is 7.88. The van der Waals surface area contributed by atoms with Crippen LogP contribution in [0.15, 0.2) is 24.3 Å². The first-order chi connectivity index (χ1) is 10.1. The van der Waals surface area contributed by atoms with Gasteiger partial charge in [0.2, 0.25) is 0 Å². The maximum Gasteiger partial charge on any atom is 0.119 e. The summed E-state index contributed by atoms with van der Waals surface area (Å²) < 4.78 is 11.1. The molecule has 0 saturated carbocycles. The van der Waals surface area contributed by atoms with E-state index in [9.17, 15) is 0 Å². The van der Waals surface area contributed by atoms with Gasteiger partial charge in [-0.3, -0.25) is 4.90 Å². The molecule has 0 spiro atoms. The zero-order valence-corrected chi connectivity index (χ0v) is 13.4. The van der Waals surface area contributed by atoms with Gasteiger partial charge in [0.15, 0.2) is 0 Å². The molecule has 1 aliphatic heterocycles. The highest BCUT2D eigenvalue weighted by Crippen LogP contribution is 2.26. The number of nitrogens with two attached hydrogens (primary N) is 1. The summed E-state index contributed by atoms with van der Waals surface area (Å²) >= 11 is 0. The van der Waals surface area contributed by atoms with Gasteiger partial charge < -0.3 is 15.2 Å². The van der Waals surface area contributed by atoms with Crippen LogP contribution in [0.5, 0.6) is 5.75 Å². The Morgan fingerprint density at radius 2 is 1.86 bits per heavy atom. The van der Waals surface area contributed by atoms with Crippen molar-refractivity contribution in [2.45, 2.75) is 44.9 Å². The Morgan fingerprint density at radius 1 is 1.24 bits per heavy atom. The zero-order valence-electron chi connectivity index (χ0n) is 13.4. The topological polar surface area (TPSA) is 47.7 Å². The van der Waals surface area contributed by atoms with E-state index in [2.05, 4.69) is 24.1 Å².